The predicted molar refractivity (Wildman–Crippen MR) is 276 cm³/mol. The van der Waals surface area contributed by atoms with Crippen molar-refractivity contribution in [2.45, 2.75) is 74.7 Å². The predicted octanol–water partition coefficient (Wildman–Crippen LogP) is 16.1. The number of hydrogen-bond acceptors (Lipinski definition) is 2. The fraction of sp³-hybridized carbons (Fsp3) is 0.180. The first kappa shape index (κ1) is 45.5. The zero-order valence-corrected chi connectivity index (χ0v) is 42.3. The Morgan fingerprint density at radius 2 is 1.12 bits per heavy atom. The third kappa shape index (κ3) is 7.50. The van der Waals surface area contributed by atoms with E-state index in [1.54, 1.807) is 0 Å². The Labute approximate surface area is 410 Å². The molecule has 7 aromatic carbocycles. The minimum atomic E-state index is 0. The average molecular weight is 1050 g/mol. The van der Waals surface area contributed by atoms with Gasteiger partial charge in [0.05, 0.1) is 5.69 Å². The summed E-state index contributed by atoms with van der Waals surface area (Å²) in [6, 6.07) is 62.5. The van der Waals surface area contributed by atoms with E-state index < -0.39 is 0 Å². The molecular formula is C61H56N5Pt+. The zero-order chi connectivity index (χ0) is 46.1. The smallest absolute Gasteiger partial charge is 0.319 e. The summed E-state index contributed by atoms with van der Waals surface area (Å²) >= 11 is 0. The maximum atomic E-state index is 5.19. The Morgan fingerprint density at radius 3 is 1.76 bits per heavy atom. The van der Waals surface area contributed by atoms with Crippen molar-refractivity contribution in [3.05, 3.63) is 215 Å². The van der Waals surface area contributed by atoms with Crippen molar-refractivity contribution in [3.63, 3.8) is 0 Å². The van der Waals surface area contributed by atoms with Crippen LogP contribution in [0.5, 0.6) is 0 Å². The number of aryl methyl sites for hydroxylation is 1. The van der Waals surface area contributed by atoms with Gasteiger partial charge in [0.15, 0.2) is 0 Å². The Kier molecular flexibility index (Phi) is 11.9. The van der Waals surface area contributed by atoms with Gasteiger partial charge in [0.25, 0.3) is 0 Å². The third-order valence-electron chi connectivity index (χ3n) is 14.2. The van der Waals surface area contributed by atoms with Crippen LogP contribution in [0.25, 0.3) is 55.6 Å². The standard InChI is InChI=1S/C61H56N5.Pt/c1-39-40(2)42(4)59(43(5)41(39)3)47-34-35-62-58(36-47)64-56-27-18-17-26-54(56)55-33-32-53(38-57(55)64)66(50-21-13-11-14-22-50,51-23-15-12-16-24-51)52-25-19-20-49(37-52)65-45(7)60(44(6)63-65)46-28-30-48(31-29-46)61(8,9)10;/h11-36H,1-10H3;/q-1;+2. The zero-order valence-electron chi connectivity index (χ0n) is 40.1. The summed E-state index contributed by atoms with van der Waals surface area (Å²) in [5.74, 6) is 0.848. The molecule has 10 aromatic rings. The molecule has 0 fully saturated rings. The van der Waals surface area contributed by atoms with Crippen LogP contribution in [0, 0.1) is 60.6 Å². The van der Waals surface area contributed by atoms with Crippen LogP contribution >= 0.6 is 0 Å². The molecule has 67 heavy (non-hydrogen) atoms. The van der Waals surface area contributed by atoms with Crippen molar-refractivity contribution in [1.82, 2.24) is 23.8 Å². The first-order valence-corrected chi connectivity index (χ1v) is 23.0. The van der Waals surface area contributed by atoms with E-state index >= 15 is 0 Å². The Hall–Kier alpha value is -6.65. The molecule has 0 spiro atoms. The molecule has 0 radical (unpaired) electrons. The van der Waals surface area contributed by atoms with Crippen LogP contribution < -0.4 is 4.48 Å². The van der Waals surface area contributed by atoms with Crippen LogP contribution in [-0.4, -0.2) is 19.3 Å². The number of aromatic nitrogens is 4. The van der Waals surface area contributed by atoms with Crippen LogP contribution in [0.4, 0.5) is 22.7 Å². The van der Waals surface area contributed by atoms with Crippen molar-refractivity contribution >= 4 is 44.6 Å². The van der Waals surface area contributed by atoms with E-state index in [4.69, 9.17) is 10.1 Å². The van der Waals surface area contributed by atoms with Gasteiger partial charge in [-0.15, -0.1) is 23.6 Å². The molecule has 0 N–H and O–H groups in total. The van der Waals surface area contributed by atoms with Crippen molar-refractivity contribution in [2.75, 3.05) is 0 Å². The second-order valence-corrected chi connectivity index (χ2v) is 18.9. The number of pyridine rings is 1. The van der Waals surface area contributed by atoms with Crippen LogP contribution in [-0.2, 0) is 26.5 Å². The molecule has 0 aliphatic carbocycles. The minimum Gasteiger partial charge on any atom is -0.319 e. The summed E-state index contributed by atoms with van der Waals surface area (Å²) in [6.45, 7) is 22.2. The number of rotatable bonds is 8. The van der Waals surface area contributed by atoms with Gasteiger partial charge in [-0.05, 0) is 133 Å². The van der Waals surface area contributed by atoms with Crippen LogP contribution in [0.15, 0.2) is 158 Å². The first-order valence-electron chi connectivity index (χ1n) is 23.0. The van der Waals surface area contributed by atoms with Gasteiger partial charge >= 0.3 is 21.1 Å². The van der Waals surface area contributed by atoms with E-state index in [2.05, 4.69) is 242 Å². The molecule has 0 amide bonds. The molecule has 334 valence electrons. The number of fused-ring (bicyclic) bond motifs is 3. The molecule has 0 saturated carbocycles. The van der Waals surface area contributed by atoms with Crippen molar-refractivity contribution in [3.8, 4) is 33.8 Å². The summed E-state index contributed by atoms with van der Waals surface area (Å²) in [6.07, 6.45) is 1.96. The van der Waals surface area contributed by atoms with Gasteiger partial charge in [0.1, 0.15) is 17.2 Å². The average Bonchev–Trinajstić information content (AvgIpc) is 3.83. The van der Waals surface area contributed by atoms with E-state index in [0.717, 1.165) is 84.1 Å². The summed E-state index contributed by atoms with van der Waals surface area (Å²) in [4.78, 5) is 5.12. The summed E-state index contributed by atoms with van der Waals surface area (Å²) in [7, 11) is 0. The molecule has 0 bridgehead atoms. The van der Waals surface area contributed by atoms with Gasteiger partial charge in [-0.3, -0.25) is 4.68 Å². The van der Waals surface area contributed by atoms with Gasteiger partial charge in [0.2, 0.25) is 0 Å². The molecular weight excluding hydrogens is 998 g/mol. The van der Waals surface area contributed by atoms with Gasteiger partial charge in [-0.1, -0.05) is 117 Å². The first-order chi connectivity index (χ1) is 31.8. The number of quaternary nitrogens is 1. The van der Waals surface area contributed by atoms with E-state index in [9.17, 15) is 0 Å². The van der Waals surface area contributed by atoms with Crippen molar-refractivity contribution in [2.24, 2.45) is 0 Å². The Morgan fingerprint density at radius 1 is 0.522 bits per heavy atom. The molecule has 0 aliphatic rings. The van der Waals surface area contributed by atoms with Gasteiger partial charge in [0, 0.05) is 58.6 Å². The minimum absolute atomic E-state index is 0. The van der Waals surface area contributed by atoms with Gasteiger partial charge in [-0.25, -0.2) is 9.47 Å². The van der Waals surface area contributed by atoms with E-state index in [0.29, 0.717) is 0 Å². The van der Waals surface area contributed by atoms with Crippen LogP contribution in [0.3, 0.4) is 0 Å². The summed E-state index contributed by atoms with van der Waals surface area (Å²) in [5, 5.41) is 7.45. The molecule has 0 unspecified atom stereocenters. The molecule has 5 nitrogen and oxygen atoms in total. The van der Waals surface area contributed by atoms with Crippen LogP contribution in [0.2, 0.25) is 0 Å². The second-order valence-electron chi connectivity index (χ2n) is 18.9. The summed E-state index contributed by atoms with van der Waals surface area (Å²) < 4.78 is 4.58. The number of nitrogens with zero attached hydrogens (tertiary/aromatic N) is 5. The number of hydrogen-bond donors (Lipinski definition) is 0. The largest absolute Gasteiger partial charge is 2.00 e. The molecule has 3 heterocycles. The molecule has 0 saturated heterocycles. The third-order valence-corrected chi connectivity index (χ3v) is 14.2. The maximum absolute atomic E-state index is 5.19. The molecule has 0 aliphatic heterocycles. The maximum Gasteiger partial charge on any atom is 2.00 e. The quantitative estimate of drug-likeness (QED) is 0.112. The van der Waals surface area contributed by atoms with E-state index in [-0.39, 0.29) is 31.0 Å². The molecule has 10 rings (SSSR count). The fourth-order valence-electron chi connectivity index (χ4n) is 10.3. The molecule has 0 atom stereocenters. The van der Waals surface area contributed by atoms with Gasteiger partial charge < -0.3 is 4.57 Å². The van der Waals surface area contributed by atoms with E-state index in [1.165, 1.54) is 38.9 Å². The number of para-hydroxylation sites is 3. The Balaban J connectivity index is 0.00000562. The summed E-state index contributed by atoms with van der Waals surface area (Å²) in [5.41, 5.74) is 21.7. The normalized spacial score (nSPS) is 11.9. The molecule has 6 heteroatoms. The fourth-order valence-corrected chi connectivity index (χ4v) is 10.3. The SMILES string of the molecule is Cc1nn(-c2[c-]c([N+](c3[c-]c4c(cc3)c3ccccc3n4-c3cc(-c4c(C)c(C)c(C)c(C)c4C)ccn3)(c3ccccc3)c3ccccc3)ccc2)c(C)c1-c1ccc(C(C)(C)C)cc1.[Pt+2]. The van der Waals surface area contributed by atoms with E-state index in [1.807, 2.05) is 6.20 Å². The van der Waals surface area contributed by atoms with Crippen LogP contribution in [0.1, 0.15) is 65.5 Å². The molecule has 3 aromatic heterocycles. The van der Waals surface area contributed by atoms with Gasteiger partial charge in [-0.2, -0.15) is 17.2 Å². The second kappa shape index (κ2) is 17.5. The van der Waals surface area contributed by atoms with Crippen molar-refractivity contribution < 1.29 is 21.1 Å². The monoisotopic (exact) mass is 1050 g/mol. The topological polar surface area (TPSA) is 35.6 Å². The Bertz CT molecular complexity index is 3390. The van der Waals surface area contributed by atoms with Crippen molar-refractivity contribution in [1.29, 1.82) is 0 Å². The number of benzene rings is 7.